The first-order valence-corrected chi connectivity index (χ1v) is 6.30. The van der Waals surface area contributed by atoms with Gasteiger partial charge in [-0.15, -0.1) is 0 Å². The van der Waals surface area contributed by atoms with Crippen molar-refractivity contribution in [1.82, 2.24) is 4.72 Å². The van der Waals surface area contributed by atoms with E-state index in [9.17, 15) is 13.2 Å². The molecule has 0 aliphatic rings. The second-order valence-corrected chi connectivity index (χ2v) is 5.32. The molecule has 5 nitrogen and oxygen atoms in total. The van der Waals surface area contributed by atoms with Crippen molar-refractivity contribution in [3.63, 3.8) is 0 Å². The zero-order valence-electron chi connectivity index (χ0n) is 8.62. The molecule has 0 aromatic heterocycles. The summed E-state index contributed by atoms with van der Waals surface area (Å²) in [5.74, 6) is -0.289. The van der Waals surface area contributed by atoms with Crippen LogP contribution in [-0.4, -0.2) is 26.6 Å². The van der Waals surface area contributed by atoms with E-state index < -0.39 is 15.9 Å². The standard InChI is InChI=1S/C8H18N2O3S/c1-3-14(12,13)10-8(11)5-4-7(2)6-9/h7H,3-6,9H2,1-2H3,(H,10,11). The molecule has 1 atom stereocenters. The lowest BCUT2D eigenvalue weighted by Crippen LogP contribution is -2.32. The first-order chi connectivity index (χ1) is 6.41. The summed E-state index contributed by atoms with van der Waals surface area (Å²) >= 11 is 0. The Bertz CT molecular complexity index is 274. The average molecular weight is 222 g/mol. The maximum absolute atomic E-state index is 11.1. The lowest BCUT2D eigenvalue weighted by molar-refractivity contribution is -0.119. The fraction of sp³-hybridized carbons (Fsp3) is 0.875. The van der Waals surface area contributed by atoms with Crippen LogP contribution in [0.2, 0.25) is 0 Å². The van der Waals surface area contributed by atoms with Gasteiger partial charge >= 0.3 is 0 Å². The SMILES string of the molecule is CCS(=O)(=O)NC(=O)CCC(C)CN. The summed E-state index contributed by atoms with van der Waals surface area (Å²) < 4.78 is 23.9. The molecule has 0 saturated carbocycles. The highest BCUT2D eigenvalue weighted by molar-refractivity contribution is 7.90. The minimum Gasteiger partial charge on any atom is -0.330 e. The molecule has 3 N–H and O–H groups in total. The lowest BCUT2D eigenvalue weighted by atomic mass is 10.1. The number of rotatable bonds is 6. The molecule has 14 heavy (non-hydrogen) atoms. The molecule has 84 valence electrons. The number of amides is 1. The Labute approximate surface area is 85.1 Å². The lowest BCUT2D eigenvalue weighted by Gasteiger charge is -2.08. The normalized spacial score (nSPS) is 13.6. The zero-order valence-corrected chi connectivity index (χ0v) is 9.43. The van der Waals surface area contributed by atoms with Crippen LogP contribution in [0.5, 0.6) is 0 Å². The van der Waals surface area contributed by atoms with Crippen LogP contribution in [0.1, 0.15) is 26.7 Å². The van der Waals surface area contributed by atoms with Crippen molar-refractivity contribution in [1.29, 1.82) is 0 Å². The largest absolute Gasteiger partial charge is 0.330 e. The first-order valence-electron chi connectivity index (χ1n) is 4.64. The summed E-state index contributed by atoms with van der Waals surface area (Å²) in [6.07, 6.45) is 0.819. The van der Waals surface area contributed by atoms with E-state index in [0.717, 1.165) is 0 Å². The minimum atomic E-state index is -3.40. The highest BCUT2D eigenvalue weighted by atomic mass is 32.2. The molecule has 0 aliphatic heterocycles. The molecule has 0 radical (unpaired) electrons. The Kier molecular flexibility index (Phi) is 5.71. The van der Waals surface area contributed by atoms with Gasteiger partial charge in [-0.1, -0.05) is 6.92 Å². The fourth-order valence-electron chi connectivity index (χ4n) is 0.792. The molecule has 0 heterocycles. The fourth-order valence-corrected chi connectivity index (χ4v) is 1.39. The van der Waals surface area contributed by atoms with E-state index in [0.29, 0.717) is 13.0 Å². The number of carbonyl (C=O) groups excluding carboxylic acids is 1. The molecule has 0 rings (SSSR count). The molecule has 0 aliphatic carbocycles. The highest BCUT2D eigenvalue weighted by Gasteiger charge is 2.12. The van der Waals surface area contributed by atoms with Crippen molar-refractivity contribution >= 4 is 15.9 Å². The van der Waals surface area contributed by atoms with Gasteiger partial charge in [0.2, 0.25) is 15.9 Å². The van der Waals surface area contributed by atoms with Gasteiger partial charge in [0.15, 0.2) is 0 Å². The smallest absolute Gasteiger partial charge is 0.234 e. The van der Waals surface area contributed by atoms with Gasteiger partial charge in [-0.05, 0) is 25.8 Å². The number of carbonyl (C=O) groups is 1. The van der Waals surface area contributed by atoms with Crippen LogP contribution in [0.15, 0.2) is 0 Å². The highest BCUT2D eigenvalue weighted by Crippen LogP contribution is 2.03. The van der Waals surface area contributed by atoms with Crippen LogP contribution in [-0.2, 0) is 14.8 Å². The Balaban J connectivity index is 3.89. The molecule has 0 fully saturated rings. The zero-order chi connectivity index (χ0) is 11.2. The second kappa shape index (κ2) is 5.98. The molecule has 0 aromatic rings. The Morgan fingerprint density at radius 1 is 1.50 bits per heavy atom. The van der Waals surface area contributed by atoms with Gasteiger partial charge in [-0.3, -0.25) is 9.52 Å². The van der Waals surface area contributed by atoms with Crippen molar-refractivity contribution < 1.29 is 13.2 Å². The van der Waals surface area contributed by atoms with Gasteiger partial charge in [-0.25, -0.2) is 8.42 Å². The molecular formula is C8H18N2O3S. The van der Waals surface area contributed by atoms with E-state index in [2.05, 4.69) is 0 Å². The molecule has 0 spiro atoms. The summed E-state index contributed by atoms with van der Waals surface area (Å²) in [7, 11) is -3.40. The number of hydrogen-bond donors (Lipinski definition) is 2. The number of sulfonamides is 1. The van der Waals surface area contributed by atoms with Gasteiger partial charge in [0.1, 0.15) is 0 Å². The monoisotopic (exact) mass is 222 g/mol. The van der Waals surface area contributed by atoms with E-state index in [1.54, 1.807) is 0 Å². The van der Waals surface area contributed by atoms with Gasteiger partial charge in [0, 0.05) is 6.42 Å². The van der Waals surface area contributed by atoms with Gasteiger partial charge in [0.05, 0.1) is 5.75 Å². The summed E-state index contributed by atoms with van der Waals surface area (Å²) in [6, 6.07) is 0. The molecule has 6 heteroatoms. The Morgan fingerprint density at radius 2 is 2.07 bits per heavy atom. The van der Waals surface area contributed by atoms with Crippen molar-refractivity contribution in [3.8, 4) is 0 Å². The Morgan fingerprint density at radius 3 is 2.50 bits per heavy atom. The van der Waals surface area contributed by atoms with Crippen molar-refractivity contribution in [2.45, 2.75) is 26.7 Å². The van der Waals surface area contributed by atoms with Crippen molar-refractivity contribution in [2.24, 2.45) is 11.7 Å². The summed E-state index contributed by atoms with van der Waals surface area (Å²) in [4.78, 5) is 11.1. The maximum atomic E-state index is 11.1. The third-order valence-corrected chi connectivity index (χ3v) is 3.21. The molecular weight excluding hydrogens is 204 g/mol. The second-order valence-electron chi connectivity index (χ2n) is 3.31. The van der Waals surface area contributed by atoms with Crippen LogP contribution in [0.25, 0.3) is 0 Å². The minimum absolute atomic E-state index is 0.0782. The molecule has 0 bridgehead atoms. The van der Waals surface area contributed by atoms with Crippen LogP contribution in [0.3, 0.4) is 0 Å². The van der Waals surface area contributed by atoms with Gasteiger partial charge in [-0.2, -0.15) is 0 Å². The first kappa shape index (κ1) is 13.4. The van der Waals surface area contributed by atoms with Crippen LogP contribution < -0.4 is 10.5 Å². The van der Waals surface area contributed by atoms with Gasteiger partial charge < -0.3 is 5.73 Å². The van der Waals surface area contributed by atoms with Crippen molar-refractivity contribution in [2.75, 3.05) is 12.3 Å². The summed E-state index contributed by atoms with van der Waals surface area (Å²) in [6.45, 7) is 3.91. The third kappa shape index (κ3) is 5.93. The van der Waals surface area contributed by atoms with E-state index >= 15 is 0 Å². The predicted octanol–water partition coefficient (Wildman–Crippen LogP) is -0.173. The number of nitrogens with two attached hydrogens (primary N) is 1. The molecule has 1 amide bonds. The number of hydrogen-bond acceptors (Lipinski definition) is 4. The predicted molar refractivity (Wildman–Crippen MR) is 55.1 cm³/mol. The Hall–Kier alpha value is -0.620. The van der Waals surface area contributed by atoms with Crippen molar-refractivity contribution in [3.05, 3.63) is 0 Å². The quantitative estimate of drug-likeness (QED) is 0.653. The van der Waals surface area contributed by atoms with Crippen LogP contribution in [0, 0.1) is 5.92 Å². The van der Waals surface area contributed by atoms with E-state index in [1.807, 2.05) is 11.6 Å². The third-order valence-electron chi connectivity index (χ3n) is 1.92. The van der Waals surface area contributed by atoms with Crippen LogP contribution in [0.4, 0.5) is 0 Å². The molecule has 1 unspecified atom stereocenters. The van der Waals surface area contributed by atoms with E-state index in [-0.39, 0.29) is 18.1 Å². The van der Waals surface area contributed by atoms with Gasteiger partial charge in [0.25, 0.3) is 0 Å². The molecule has 0 aromatic carbocycles. The van der Waals surface area contributed by atoms with Crippen LogP contribution >= 0.6 is 0 Å². The summed E-state index contributed by atoms with van der Waals surface area (Å²) in [5, 5.41) is 0. The van der Waals surface area contributed by atoms with E-state index in [4.69, 9.17) is 5.73 Å². The summed E-state index contributed by atoms with van der Waals surface area (Å²) in [5.41, 5.74) is 5.36. The average Bonchev–Trinajstić information content (AvgIpc) is 2.13. The number of nitrogens with one attached hydrogen (secondary N) is 1. The maximum Gasteiger partial charge on any atom is 0.234 e. The van der Waals surface area contributed by atoms with E-state index in [1.165, 1.54) is 6.92 Å². The topological polar surface area (TPSA) is 89.3 Å². The molecule has 0 saturated heterocycles.